The van der Waals surface area contributed by atoms with Crippen molar-refractivity contribution in [1.29, 1.82) is 0 Å². The summed E-state index contributed by atoms with van der Waals surface area (Å²) in [6, 6.07) is 10.5. The molecule has 0 spiro atoms. The van der Waals surface area contributed by atoms with Crippen molar-refractivity contribution in [3.8, 4) is 0 Å². The van der Waals surface area contributed by atoms with Crippen LogP contribution >= 0.6 is 12.9 Å². The van der Waals surface area contributed by atoms with Crippen molar-refractivity contribution in [2.45, 2.75) is 0 Å². The lowest BCUT2D eigenvalue weighted by atomic mass is 10.4. The van der Waals surface area contributed by atoms with Gasteiger partial charge >= 0.3 is 18.2 Å². The molecule has 4 heteroatoms. The van der Waals surface area contributed by atoms with Gasteiger partial charge in [-0.3, -0.25) is 17.7 Å². The monoisotopic (exact) mass is 226 g/mol. The fourth-order valence-corrected chi connectivity index (χ4v) is 2.14. The molecular weight excluding hydrogens is 220 g/mol. The number of hydrogen-bond donors (Lipinski definition) is 1. The first kappa shape index (κ1) is 10.9. The molecule has 0 bridgehead atoms. The summed E-state index contributed by atoms with van der Waals surface area (Å²) in [5, 5.41) is 6.89. The lowest BCUT2D eigenvalue weighted by Gasteiger charge is -1.87. The van der Waals surface area contributed by atoms with E-state index in [0.717, 1.165) is 0 Å². The quantitative estimate of drug-likeness (QED) is 0.574. The zero-order chi connectivity index (χ0) is 8.53. The molecule has 2 nitrogen and oxygen atoms in total. The Kier molecular flexibility index (Phi) is 7.99. The van der Waals surface area contributed by atoms with Crippen LogP contribution in [0.3, 0.4) is 0 Å². The van der Waals surface area contributed by atoms with E-state index >= 15 is 0 Å². The molecule has 0 fully saturated rings. The summed E-state index contributed by atoms with van der Waals surface area (Å²) in [5.74, 6) is 0. The Hall–Kier alpha value is -0.0638. The Morgan fingerprint density at radius 1 is 1.36 bits per heavy atom. The first-order chi connectivity index (χ1) is 5.35. The van der Waals surface area contributed by atoms with E-state index in [-0.39, 0.29) is 24.7 Å². The van der Waals surface area contributed by atoms with Crippen molar-refractivity contribution >= 4 is 41.2 Å². The van der Waals surface area contributed by atoms with Crippen LogP contribution in [0.25, 0.3) is 0 Å². The standard InChI is InChI=1S/C6H5.CH2O2.BrH.Mg/c1-2-4-6-5-3-1;2-1-3;;/h1-5H;1H,(H,2,3);1H;/q;;;+1/p-1. The Morgan fingerprint density at radius 3 is 2.09 bits per heavy atom. The van der Waals surface area contributed by atoms with Gasteiger partial charge in [0.2, 0.25) is 0 Å². The fourth-order valence-electron chi connectivity index (χ4n) is 0.567. The zero-order valence-electron chi connectivity index (χ0n) is 5.90. The number of hydrogen-bond acceptors (Lipinski definition) is 1. The predicted octanol–water partition coefficient (Wildman–Crippen LogP) is 1.03. The number of halogens is 1. The lowest BCUT2D eigenvalue weighted by Crippen LogP contribution is -2.05. The van der Waals surface area contributed by atoms with Crippen LogP contribution in [0, 0.1) is 0 Å². The Labute approximate surface area is 81.2 Å². The molecule has 0 aliphatic rings. The molecule has 56 valence electrons. The summed E-state index contributed by atoms with van der Waals surface area (Å²) in [5.41, 5.74) is 0. The van der Waals surface area contributed by atoms with E-state index in [2.05, 4.69) is 37.1 Å². The van der Waals surface area contributed by atoms with Crippen molar-refractivity contribution in [2.24, 2.45) is 0 Å². The summed E-state index contributed by atoms with van der Waals surface area (Å²) in [7, 11) is 0. The van der Waals surface area contributed by atoms with Gasteiger partial charge in [-0.25, -0.2) is 0 Å². The number of rotatable bonds is 1. The SMILES string of the molecule is O=CO.[Br][Mg][c]1ccccc1. The highest BCUT2D eigenvalue weighted by Gasteiger charge is 1.88. The van der Waals surface area contributed by atoms with Gasteiger partial charge in [0.05, 0.1) is 0 Å². The summed E-state index contributed by atoms with van der Waals surface area (Å²) in [4.78, 5) is 8.36. The second-order valence-electron chi connectivity index (χ2n) is 1.72. The summed E-state index contributed by atoms with van der Waals surface area (Å²) < 4.78 is 1.47. The molecule has 11 heavy (non-hydrogen) atoms. The minimum Gasteiger partial charge on any atom is -0.483 e. The molecule has 0 radical (unpaired) electrons. The molecule has 1 N–H and O–H groups in total. The van der Waals surface area contributed by atoms with Crippen LogP contribution in [-0.4, -0.2) is 29.8 Å². The van der Waals surface area contributed by atoms with Crippen LogP contribution in [0.5, 0.6) is 0 Å². The van der Waals surface area contributed by atoms with E-state index in [1.807, 2.05) is 6.07 Å². The minimum absolute atomic E-state index is 0.0962. The van der Waals surface area contributed by atoms with Crippen LogP contribution < -0.4 is 3.69 Å². The third-order valence-electron chi connectivity index (χ3n) is 0.997. The van der Waals surface area contributed by atoms with E-state index in [9.17, 15) is 0 Å². The topological polar surface area (TPSA) is 37.3 Å². The van der Waals surface area contributed by atoms with Gasteiger partial charge < -0.3 is 5.11 Å². The van der Waals surface area contributed by atoms with Gasteiger partial charge in [0, 0.05) is 0 Å². The lowest BCUT2D eigenvalue weighted by molar-refractivity contribution is -0.122. The predicted molar refractivity (Wildman–Crippen MR) is 49.4 cm³/mol. The molecule has 0 unspecified atom stereocenters. The molecule has 0 saturated carbocycles. The largest absolute Gasteiger partial charge is 0.506 e. The van der Waals surface area contributed by atoms with E-state index < -0.39 is 0 Å². The number of carboxylic acid groups (broad SMARTS) is 1. The zero-order valence-corrected chi connectivity index (χ0v) is 8.90. The first-order valence-corrected chi connectivity index (χ1v) is 7.63. The average Bonchev–Trinajstić information content (AvgIpc) is 2.08. The summed E-state index contributed by atoms with van der Waals surface area (Å²) in [6.45, 7) is -0.250. The van der Waals surface area contributed by atoms with E-state index in [4.69, 9.17) is 9.90 Å². The second kappa shape index (κ2) is 8.04. The highest BCUT2D eigenvalue weighted by atomic mass is 79.9. The fraction of sp³-hybridized carbons (Fsp3) is 0. The molecule has 1 rings (SSSR count). The van der Waals surface area contributed by atoms with Gasteiger partial charge in [-0.15, -0.1) is 0 Å². The highest BCUT2D eigenvalue weighted by molar-refractivity contribution is 9.23. The molecule has 0 atom stereocenters. The maximum atomic E-state index is 8.36. The normalized spacial score (nSPS) is 7.00. The molecular formula is C7H7BrMgO2. The van der Waals surface area contributed by atoms with Crippen LogP contribution in [0.2, 0.25) is 0 Å². The van der Waals surface area contributed by atoms with Crippen molar-refractivity contribution < 1.29 is 9.90 Å². The van der Waals surface area contributed by atoms with Crippen LogP contribution in [0.4, 0.5) is 0 Å². The van der Waals surface area contributed by atoms with Crippen molar-refractivity contribution in [3.63, 3.8) is 0 Å². The maximum Gasteiger partial charge on any atom is 0.506 e. The molecule has 1 aromatic rings. The van der Waals surface area contributed by atoms with Gasteiger partial charge in [-0.1, -0.05) is 30.3 Å². The average molecular weight is 227 g/mol. The third-order valence-corrected chi connectivity index (χ3v) is 3.72. The van der Waals surface area contributed by atoms with Gasteiger partial charge in [0.15, 0.2) is 0 Å². The van der Waals surface area contributed by atoms with Gasteiger partial charge in [-0.05, 0) is 0 Å². The third kappa shape index (κ3) is 6.34. The highest BCUT2D eigenvalue weighted by Crippen LogP contribution is 1.82. The molecule has 0 aromatic heterocycles. The minimum atomic E-state index is -0.250. The van der Waals surface area contributed by atoms with Crippen LogP contribution in [-0.2, 0) is 4.79 Å². The van der Waals surface area contributed by atoms with Gasteiger partial charge in [0.25, 0.3) is 6.47 Å². The van der Waals surface area contributed by atoms with Gasteiger partial charge in [0.1, 0.15) is 0 Å². The number of carbonyl (C=O) groups is 1. The van der Waals surface area contributed by atoms with E-state index in [0.29, 0.717) is 0 Å². The van der Waals surface area contributed by atoms with Gasteiger partial charge in [-0.2, -0.15) is 3.69 Å². The molecule has 0 amide bonds. The Morgan fingerprint density at radius 2 is 1.82 bits per heavy atom. The van der Waals surface area contributed by atoms with Crippen molar-refractivity contribution in [3.05, 3.63) is 30.3 Å². The smallest absolute Gasteiger partial charge is 0.483 e. The molecule has 0 aliphatic carbocycles. The number of benzene rings is 1. The molecule has 0 heterocycles. The molecule has 0 aliphatic heterocycles. The first-order valence-electron chi connectivity index (χ1n) is 3.03. The Bertz CT molecular complexity index is 191. The van der Waals surface area contributed by atoms with E-state index in [1.165, 1.54) is 3.69 Å². The summed E-state index contributed by atoms with van der Waals surface area (Å²) >= 11 is 3.40. The molecule has 0 saturated heterocycles. The second-order valence-corrected chi connectivity index (χ2v) is 4.49. The van der Waals surface area contributed by atoms with Crippen molar-refractivity contribution in [2.75, 3.05) is 0 Å². The Balaban J connectivity index is 0.000000292. The molecule has 1 aromatic carbocycles. The van der Waals surface area contributed by atoms with Crippen molar-refractivity contribution in [1.82, 2.24) is 0 Å². The van der Waals surface area contributed by atoms with E-state index in [1.54, 1.807) is 0 Å². The maximum absolute atomic E-state index is 8.36. The van der Waals surface area contributed by atoms with Crippen LogP contribution in [0.15, 0.2) is 30.3 Å². The van der Waals surface area contributed by atoms with Crippen LogP contribution in [0.1, 0.15) is 0 Å². The summed E-state index contributed by atoms with van der Waals surface area (Å²) in [6.07, 6.45) is 0.